The van der Waals surface area contributed by atoms with E-state index in [1.54, 1.807) is 37.4 Å². The van der Waals surface area contributed by atoms with E-state index in [0.717, 1.165) is 5.56 Å². The van der Waals surface area contributed by atoms with Gasteiger partial charge in [0.2, 0.25) is 0 Å². The molecule has 0 aromatic heterocycles. The highest BCUT2D eigenvalue weighted by molar-refractivity contribution is 9.10. The van der Waals surface area contributed by atoms with Crippen molar-refractivity contribution in [3.63, 3.8) is 0 Å². The molecule has 1 amide bonds. The van der Waals surface area contributed by atoms with Crippen molar-refractivity contribution >= 4 is 45.2 Å². The summed E-state index contributed by atoms with van der Waals surface area (Å²) >= 11 is 8.54. The molecule has 2 aromatic rings. The number of amides is 1. The highest BCUT2D eigenvalue weighted by Crippen LogP contribution is 2.38. The average molecular weight is 451 g/mol. The summed E-state index contributed by atoms with van der Waals surface area (Å²) in [5.74, 6) is 0.443. The van der Waals surface area contributed by atoms with Crippen LogP contribution in [0, 0.1) is 5.82 Å². The minimum Gasteiger partial charge on any atom is -0.493 e. The van der Waals surface area contributed by atoms with Gasteiger partial charge in [-0.1, -0.05) is 12.1 Å². The second kappa shape index (κ2) is 8.06. The molecule has 0 radical (unpaired) electrons. The molecule has 0 spiro atoms. The van der Waals surface area contributed by atoms with E-state index in [2.05, 4.69) is 21.2 Å². The van der Waals surface area contributed by atoms with Crippen LogP contribution in [0.3, 0.4) is 0 Å². The molecule has 1 saturated heterocycles. The minimum atomic E-state index is -0.319. The number of methoxy groups -OCH3 is 1. The molecule has 27 heavy (non-hydrogen) atoms. The molecular weight excluding hydrogens is 435 g/mol. The Labute approximate surface area is 169 Å². The molecule has 140 valence electrons. The molecule has 1 N–H and O–H groups in total. The molecule has 1 aliphatic rings. The van der Waals surface area contributed by atoms with Gasteiger partial charge in [0.1, 0.15) is 18.1 Å². The number of likely N-dealkylation sites (N-methyl/N-ethyl adjacent to an activating group) is 1. The zero-order valence-corrected chi connectivity index (χ0v) is 17.0. The van der Waals surface area contributed by atoms with Gasteiger partial charge < -0.3 is 14.8 Å². The Kier molecular flexibility index (Phi) is 5.76. The van der Waals surface area contributed by atoms with Crippen LogP contribution in [0.15, 0.2) is 46.6 Å². The lowest BCUT2D eigenvalue weighted by Crippen LogP contribution is -2.25. The van der Waals surface area contributed by atoms with Gasteiger partial charge in [0.05, 0.1) is 11.6 Å². The lowest BCUT2D eigenvalue weighted by atomic mass is 10.1. The number of nitrogens with zero attached hydrogens (tertiary/aromatic N) is 1. The predicted molar refractivity (Wildman–Crippen MR) is 108 cm³/mol. The second-order valence-corrected chi connectivity index (χ2v) is 7.05. The third-order valence-corrected chi connectivity index (χ3v) is 4.88. The van der Waals surface area contributed by atoms with Gasteiger partial charge in [0.25, 0.3) is 5.91 Å². The first-order chi connectivity index (χ1) is 12.9. The summed E-state index contributed by atoms with van der Waals surface area (Å²) < 4.78 is 25.2. The first kappa shape index (κ1) is 19.3. The Balaban J connectivity index is 1.85. The maximum Gasteiger partial charge on any atom is 0.276 e. The number of carbonyl (C=O) groups excluding carboxylic acids is 1. The number of halogens is 2. The summed E-state index contributed by atoms with van der Waals surface area (Å²) in [6, 6.07) is 9.74. The smallest absolute Gasteiger partial charge is 0.276 e. The van der Waals surface area contributed by atoms with Gasteiger partial charge in [-0.05, 0) is 69.6 Å². The number of carbonyl (C=O) groups is 1. The number of thiocarbonyl (C=S) groups is 1. The Bertz CT molecular complexity index is 949. The van der Waals surface area contributed by atoms with Gasteiger partial charge >= 0.3 is 0 Å². The first-order valence-corrected chi connectivity index (χ1v) is 9.14. The SMILES string of the molecule is COc1cc(/C=C2\NC(=S)N(C)C2=O)cc(Br)c1OCc1cccc(F)c1. The van der Waals surface area contributed by atoms with Crippen molar-refractivity contribution in [3.8, 4) is 11.5 Å². The monoisotopic (exact) mass is 450 g/mol. The Morgan fingerprint density at radius 2 is 2.11 bits per heavy atom. The number of ether oxygens (including phenoxy) is 2. The molecule has 3 rings (SSSR count). The molecule has 1 fully saturated rings. The number of rotatable bonds is 5. The molecule has 1 heterocycles. The van der Waals surface area contributed by atoms with E-state index in [0.29, 0.717) is 32.3 Å². The standard InChI is InChI=1S/C19H16BrFN2O3S/c1-23-18(24)15(22-19(23)27)8-12-7-14(20)17(16(9-12)25-2)26-10-11-4-3-5-13(21)6-11/h3-9H,10H2,1-2H3,(H,22,27)/b15-8-. The quantitative estimate of drug-likeness (QED) is 0.553. The van der Waals surface area contributed by atoms with Gasteiger partial charge in [0, 0.05) is 7.05 Å². The molecule has 2 aromatic carbocycles. The molecule has 0 atom stereocenters. The average Bonchev–Trinajstić information content (AvgIpc) is 2.87. The predicted octanol–water partition coefficient (Wildman–Crippen LogP) is 3.86. The van der Waals surface area contributed by atoms with Crippen LogP contribution >= 0.6 is 28.1 Å². The second-order valence-electron chi connectivity index (χ2n) is 5.81. The van der Waals surface area contributed by atoms with Crippen molar-refractivity contribution < 1.29 is 18.7 Å². The van der Waals surface area contributed by atoms with E-state index in [-0.39, 0.29) is 18.3 Å². The topological polar surface area (TPSA) is 50.8 Å². The van der Waals surface area contributed by atoms with Gasteiger partial charge in [-0.3, -0.25) is 9.69 Å². The van der Waals surface area contributed by atoms with Crippen LogP contribution in [-0.4, -0.2) is 30.1 Å². The van der Waals surface area contributed by atoms with Crippen molar-refractivity contribution in [2.75, 3.05) is 14.2 Å². The molecule has 0 saturated carbocycles. The minimum absolute atomic E-state index is 0.187. The summed E-state index contributed by atoms with van der Waals surface area (Å²) in [5, 5.41) is 3.23. The first-order valence-electron chi connectivity index (χ1n) is 7.94. The van der Waals surface area contributed by atoms with E-state index >= 15 is 0 Å². The fraction of sp³-hybridized carbons (Fsp3) is 0.158. The molecule has 0 aliphatic carbocycles. The van der Waals surface area contributed by atoms with Crippen molar-refractivity contribution in [2.24, 2.45) is 0 Å². The fourth-order valence-electron chi connectivity index (χ4n) is 2.54. The Morgan fingerprint density at radius 1 is 1.33 bits per heavy atom. The van der Waals surface area contributed by atoms with Crippen molar-refractivity contribution in [1.82, 2.24) is 10.2 Å². The maximum atomic E-state index is 13.3. The van der Waals surface area contributed by atoms with Gasteiger partial charge in [-0.15, -0.1) is 0 Å². The van der Waals surface area contributed by atoms with Crippen LogP contribution < -0.4 is 14.8 Å². The third-order valence-electron chi connectivity index (χ3n) is 3.92. The molecule has 5 nitrogen and oxygen atoms in total. The zero-order chi connectivity index (χ0) is 19.6. The van der Waals surface area contributed by atoms with Crippen LogP contribution in [-0.2, 0) is 11.4 Å². The number of hydrogen-bond donors (Lipinski definition) is 1. The molecule has 1 aliphatic heterocycles. The van der Waals surface area contributed by atoms with Gasteiger partial charge in [-0.2, -0.15) is 0 Å². The van der Waals surface area contributed by atoms with Crippen molar-refractivity contribution in [3.05, 3.63) is 63.5 Å². The number of nitrogens with one attached hydrogen (secondary N) is 1. The summed E-state index contributed by atoms with van der Waals surface area (Å²) in [6.45, 7) is 0.187. The van der Waals surface area contributed by atoms with E-state index in [9.17, 15) is 9.18 Å². The Morgan fingerprint density at radius 3 is 2.74 bits per heavy atom. The Hall–Kier alpha value is -2.45. The summed E-state index contributed by atoms with van der Waals surface area (Å²) in [7, 11) is 3.13. The van der Waals surface area contributed by atoms with Crippen LogP contribution in [0.5, 0.6) is 11.5 Å². The van der Waals surface area contributed by atoms with E-state index in [1.807, 2.05) is 0 Å². The summed E-state index contributed by atoms with van der Waals surface area (Å²) in [5.41, 5.74) is 1.81. The number of hydrogen-bond acceptors (Lipinski definition) is 4. The fourth-order valence-corrected chi connectivity index (χ4v) is 3.30. The third kappa shape index (κ3) is 4.28. The summed E-state index contributed by atoms with van der Waals surface area (Å²) in [4.78, 5) is 13.5. The van der Waals surface area contributed by atoms with E-state index < -0.39 is 0 Å². The van der Waals surface area contributed by atoms with Crippen LogP contribution in [0.2, 0.25) is 0 Å². The van der Waals surface area contributed by atoms with E-state index in [1.165, 1.54) is 24.1 Å². The highest BCUT2D eigenvalue weighted by atomic mass is 79.9. The lowest BCUT2D eigenvalue weighted by molar-refractivity contribution is -0.121. The van der Waals surface area contributed by atoms with Crippen LogP contribution in [0.25, 0.3) is 6.08 Å². The lowest BCUT2D eigenvalue weighted by Gasteiger charge is -2.14. The van der Waals surface area contributed by atoms with Gasteiger partial charge in [-0.25, -0.2) is 4.39 Å². The maximum absolute atomic E-state index is 13.3. The van der Waals surface area contributed by atoms with Crippen LogP contribution in [0.4, 0.5) is 4.39 Å². The summed E-state index contributed by atoms with van der Waals surface area (Å²) in [6.07, 6.45) is 1.68. The normalized spacial score (nSPS) is 15.3. The highest BCUT2D eigenvalue weighted by Gasteiger charge is 2.27. The largest absolute Gasteiger partial charge is 0.493 e. The molecule has 8 heteroatoms. The van der Waals surface area contributed by atoms with E-state index in [4.69, 9.17) is 21.7 Å². The molecule has 0 unspecified atom stereocenters. The van der Waals surface area contributed by atoms with Crippen LogP contribution in [0.1, 0.15) is 11.1 Å². The van der Waals surface area contributed by atoms with Crippen molar-refractivity contribution in [2.45, 2.75) is 6.61 Å². The van der Waals surface area contributed by atoms with Gasteiger partial charge in [0.15, 0.2) is 16.6 Å². The van der Waals surface area contributed by atoms with Crippen molar-refractivity contribution in [1.29, 1.82) is 0 Å². The molecule has 0 bridgehead atoms. The molecular formula is C19H16BrFN2O3S. The number of benzene rings is 2. The zero-order valence-electron chi connectivity index (χ0n) is 14.6.